The molecule has 2 amide bonds. The molecule has 3 fully saturated rings. The molecule has 0 saturated heterocycles. The maximum Gasteiger partial charge on any atom is 0.255 e. The minimum absolute atomic E-state index is 0.107. The van der Waals surface area contributed by atoms with E-state index in [4.69, 9.17) is 0 Å². The van der Waals surface area contributed by atoms with Crippen molar-refractivity contribution in [3.05, 3.63) is 95.1 Å². The number of para-hydroxylation sites is 1. The molecule has 3 aromatic carbocycles. The molecule has 3 aliphatic carbocycles. The first-order valence-electron chi connectivity index (χ1n) is 14.8. The summed E-state index contributed by atoms with van der Waals surface area (Å²) in [6, 6.07) is 24.8. The Morgan fingerprint density at radius 3 is 2.38 bits per heavy atom. The zero-order chi connectivity index (χ0) is 26.3. The van der Waals surface area contributed by atoms with E-state index in [-0.39, 0.29) is 17.9 Å². The van der Waals surface area contributed by atoms with Gasteiger partial charge in [0.15, 0.2) is 0 Å². The molecule has 5 heteroatoms. The van der Waals surface area contributed by atoms with Crippen molar-refractivity contribution in [1.29, 1.82) is 0 Å². The summed E-state index contributed by atoms with van der Waals surface area (Å²) in [5.41, 5.74) is 5.54. The number of fused-ring (bicyclic) bond motifs is 7. The van der Waals surface area contributed by atoms with E-state index in [0.717, 1.165) is 37.3 Å². The molecule has 3 saturated carbocycles. The maximum atomic E-state index is 13.5. The van der Waals surface area contributed by atoms with Crippen LogP contribution in [0.3, 0.4) is 0 Å². The van der Waals surface area contributed by atoms with Crippen LogP contribution in [0.1, 0.15) is 95.2 Å². The number of anilines is 2. The van der Waals surface area contributed by atoms with E-state index in [2.05, 4.69) is 58.4 Å². The van der Waals surface area contributed by atoms with Crippen LogP contribution in [-0.2, 0) is 0 Å². The number of benzene rings is 3. The zero-order valence-corrected chi connectivity index (χ0v) is 22.4. The highest BCUT2D eigenvalue weighted by molar-refractivity contribution is 6.09. The first kappa shape index (κ1) is 24.4. The average molecular weight is 520 g/mol. The average Bonchev–Trinajstić information content (AvgIpc) is 3.61. The second-order valence-corrected chi connectivity index (χ2v) is 12.1. The third-order valence-electron chi connectivity index (χ3n) is 9.87. The smallest absolute Gasteiger partial charge is 0.255 e. The molecule has 0 unspecified atom stereocenters. The lowest BCUT2D eigenvalue weighted by Gasteiger charge is -2.43. The number of rotatable bonds is 5. The maximum absolute atomic E-state index is 13.5. The van der Waals surface area contributed by atoms with E-state index in [0.29, 0.717) is 40.6 Å². The molecule has 39 heavy (non-hydrogen) atoms. The molecule has 3 N–H and O–H groups in total. The van der Waals surface area contributed by atoms with Gasteiger partial charge in [-0.3, -0.25) is 9.59 Å². The third-order valence-corrected chi connectivity index (χ3v) is 9.87. The van der Waals surface area contributed by atoms with Gasteiger partial charge in [-0.15, -0.1) is 0 Å². The van der Waals surface area contributed by atoms with E-state index in [1.165, 1.54) is 36.8 Å². The molecule has 5 atom stereocenters. The first-order chi connectivity index (χ1) is 19.2. The van der Waals surface area contributed by atoms with Crippen LogP contribution in [0.2, 0.25) is 0 Å². The van der Waals surface area contributed by atoms with Crippen LogP contribution in [0.15, 0.2) is 72.8 Å². The van der Waals surface area contributed by atoms with Crippen molar-refractivity contribution >= 4 is 23.2 Å². The Morgan fingerprint density at radius 1 is 0.769 bits per heavy atom. The van der Waals surface area contributed by atoms with E-state index in [9.17, 15) is 9.59 Å². The van der Waals surface area contributed by atoms with Crippen LogP contribution in [0, 0.1) is 17.8 Å². The van der Waals surface area contributed by atoms with Gasteiger partial charge < -0.3 is 16.0 Å². The molecule has 200 valence electrons. The summed E-state index contributed by atoms with van der Waals surface area (Å²) in [6.07, 6.45) is 9.50. The Kier molecular flexibility index (Phi) is 6.38. The van der Waals surface area contributed by atoms with Crippen molar-refractivity contribution in [2.75, 3.05) is 10.6 Å². The molecule has 5 nitrogen and oxygen atoms in total. The Balaban J connectivity index is 1.14. The lowest BCUT2D eigenvalue weighted by molar-refractivity contribution is 0.0928. The van der Waals surface area contributed by atoms with Gasteiger partial charge in [-0.05, 0) is 97.2 Å². The quantitative estimate of drug-likeness (QED) is 0.331. The number of hydrogen-bond donors (Lipinski definition) is 3. The monoisotopic (exact) mass is 519 g/mol. The van der Waals surface area contributed by atoms with Crippen LogP contribution in [0.25, 0.3) is 0 Å². The van der Waals surface area contributed by atoms with Crippen molar-refractivity contribution in [2.24, 2.45) is 17.8 Å². The van der Waals surface area contributed by atoms with Crippen molar-refractivity contribution in [2.45, 2.75) is 69.4 Å². The standard InChI is InChI=1S/C34H37N3O2/c38-33(37-28-14-8-7-13-26(28)34(39)35-25-11-5-2-6-12-25)24-17-18-29-27(20-24)30-22-15-16-23(19-22)31(30)32(36-29)21-9-3-1-4-10-21/h1,3-4,7-10,13-14,17-18,20,22-23,25,30-32,36H,2,5-6,11-12,15-16,19H2,(H,35,39)(H,37,38)/t22-,23-,30-,31+,32-/m0/s1. The highest BCUT2D eigenvalue weighted by atomic mass is 16.2. The zero-order valence-electron chi connectivity index (χ0n) is 22.4. The molecule has 3 aromatic rings. The molecule has 2 bridgehead atoms. The largest absolute Gasteiger partial charge is 0.378 e. The number of hydrogen-bond acceptors (Lipinski definition) is 3. The fraction of sp³-hybridized carbons (Fsp3) is 0.412. The predicted molar refractivity (Wildman–Crippen MR) is 155 cm³/mol. The van der Waals surface area contributed by atoms with Gasteiger partial charge in [-0.2, -0.15) is 0 Å². The number of carbonyl (C=O) groups is 2. The van der Waals surface area contributed by atoms with Gasteiger partial charge in [-0.25, -0.2) is 0 Å². The van der Waals surface area contributed by atoms with Crippen LogP contribution < -0.4 is 16.0 Å². The summed E-state index contributed by atoms with van der Waals surface area (Å²) >= 11 is 0. The predicted octanol–water partition coefficient (Wildman–Crippen LogP) is 7.30. The summed E-state index contributed by atoms with van der Waals surface area (Å²) in [7, 11) is 0. The topological polar surface area (TPSA) is 70.2 Å². The molecular weight excluding hydrogens is 482 g/mol. The van der Waals surface area contributed by atoms with E-state index in [1.54, 1.807) is 6.07 Å². The minimum Gasteiger partial charge on any atom is -0.378 e. The second kappa shape index (κ2) is 10.2. The van der Waals surface area contributed by atoms with Crippen molar-refractivity contribution in [1.82, 2.24) is 5.32 Å². The Hall–Kier alpha value is -3.60. The molecule has 7 rings (SSSR count). The third kappa shape index (κ3) is 4.52. The highest BCUT2D eigenvalue weighted by Crippen LogP contribution is 2.63. The van der Waals surface area contributed by atoms with Gasteiger partial charge in [0, 0.05) is 17.3 Å². The number of carbonyl (C=O) groups excluding carboxylic acids is 2. The normalized spacial score (nSPS) is 27.2. The van der Waals surface area contributed by atoms with Gasteiger partial charge in [0.2, 0.25) is 0 Å². The summed E-state index contributed by atoms with van der Waals surface area (Å²) in [5.74, 6) is 2.19. The SMILES string of the molecule is O=C(Nc1ccccc1C(=O)NC1CCCCC1)c1ccc2c(c1)[C@@H]1[C@H]3CC[C@@H](C3)[C@H]1[C@H](c1ccccc1)N2. The fourth-order valence-electron chi connectivity index (χ4n) is 8.11. The lowest BCUT2D eigenvalue weighted by Crippen LogP contribution is -2.36. The first-order valence-corrected chi connectivity index (χ1v) is 14.8. The van der Waals surface area contributed by atoms with E-state index >= 15 is 0 Å². The molecule has 0 spiro atoms. The summed E-state index contributed by atoms with van der Waals surface area (Å²) in [4.78, 5) is 26.7. The molecule has 1 aliphatic heterocycles. The van der Waals surface area contributed by atoms with Gasteiger partial charge >= 0.3 is 0 Å². The fourth-order valence-corrected chi connectivity index (χ4v) is 8.11. The number of amides is 2. The molecule has 0 radical (unpaired) electrons. The van der Waals surface area contributed by atoms with Crippen LogP contribution in [0.5, 0.6) is 0 Å². The van der Waals surface area contributed by atoms with Crippen molar-refractivity contribution in [3.8, 4) is 0 Å². The van der Waals surface area contributed by atoms with Gasteiger partial charge in [0.25, 0.3) is 11.8 Å². The summed E-state index contributed by atoms with van der Waals surface area (Å²) in [6.45, 7) is 0. The molecule has 1 heterocycles. The second-order valence-electron chi connectivity index (χ2n) is 12.1. The molecule has 4 aliphatic rings. The molecular formula is C34H37N3O2. The Bertz CT molecular complexity index is 1380. The van der Waals surface area contributed by atoms with Crippen LogP contribution in [0.4, 0.5) is 11.4 Å². The van der Waals surface area contributed by atoms with Crippen LogP contribution in [-0.4, -0.2) is 17.9 Å². The van der Waals surface area contributed by atoms with Gasteiger partial charge in [0.05, 0.1) is 17.3 Å². The van der Waals surface area contributed by atoms with Gasteiger partial charge in [0.1, 0.15) is 0 Å². The lowest BCUT2D eigenvalue weighted by atomic mass is 9.68. The van der Waals surface area contributed by atoms with Gasteiger partial charge in [-0.1, -0.05) is 61.7 Å². The Labute approximate surface area is 230 Å². The van der Waals surface area contributed by atoms with Crippen molar-refractivity contribution in [3.63, 3.8) is 0 Å². The number of nitrogens with one attached hydrogen (secondary N) is 3. The minimum atomic E-state index is -0.166. The van der Waals surface area contributed by atoms with E-state index < -0.39 is 0 Å². The van der Waals surface area contributed by atoms with Crippen LogP contribution >= 0.6 is 0 Å². The Morgan fingerprint density at radius 2 is 1.54 bits per heavy atom. The van der Waals surface area contributed by atoms with Crippen molar-refractivity contribution < 1.29 is 9.59 Å². The summed E-state index contributed by atoms with van der Waals surface area (Å²) < 4.78 is 0. The highest BCUT2D eigenvalue weighted by Gasteiger charge is 2.53. The summed E-state index contributed by atoms with van der Waals surface area (Å²) in [5, 5.41) is 10.1. The van der Waals surface area contributed by atoms with E-state index in [1.807, 2.05) is 24.3 Å². The molecule has 0 aromatic heterocycles.